The fourth-order valence-corrected chi connectivity index (χ4v) is 4.92. The van der Waals surface area contributed by atoms with Gasteiger partial charge in [-0.3, -0.25) is 14.9 Å². The van der Waals surface area contributed by atoms with Crippen LogP contribution in [0.4, 0.5) is 5.69 Å². The van der Waals surface area contributed by atoms with Crippen molar-refractivity contribution >= 4 is 44.6 Å². The predicted octanol–water partition coefficient (Wildman–Crippen LogP) is 1.21. The maximum absolute atomic E-state index is 12.2. The van der Waals surface area contributed by atoms with E-state index in [0.717, 1.165) is 6.07 Å². The quantitative estimate of drug-likeness (QED) is 0.646. The number of rotatable bonds is 4. The number of halogens is 1. The first-order valence-electron chi connectivity index (χ1n) is 5.90. The van der Waals surface area contributed by atoms with Crippen molar-refractivity contribution in [3.05, 3.63) is 20.5 Å². The van der Waals surface area contributed by atoms with Gasteiger partial charge in [0, 0.05) is 32.1 Å². The molecule has 11 heteroatoms. The summed E-state index contributed by atoms with van der Waals surface area (Å²) < 4.78 is 26.4. The fourth-order valence-electron chi connectivity index (χ4n) is 1.98. The lowest BCUT2D eigenvalue weighted by Crippen LogP contribution is -2.48. The Morgan fingerprint density at radius 1 is 1.57 bits per heavy atom. The first-order chi connectivity index (χ1) is 9.70. The van der Waals surface area contributed by atoms with Crippen LogP contribution in [0.3, 0.4) is 0 Å². The average Bonchev–Trinajstić information content (AvgIpc) is 2.77. The smallest absolute Gasteiger partial charge is 0.300 e. The average molecular weight is 354 g/mol. The standard InChI is InChI=1S/C10H12ClN3O5S2/c1-13-5-6(2-3-8(13)15)12-21(18,19)9-4-7(14(16)17)10(11)20-9/h4,6,12H,2-3,5H2,1H3. The molecule has 1 aromatic heterocycles. The number of amides is 1. The van der Waals surface area contributed by atoms with Crippen molar-refractivity contribution in [2.24, 2.45) is 0 Å². The molecule has 1 aliphatic heterocycles. The minimum atomic E-state index is -3.89. The zero-order chi connectivity index (χ0) is 15.8. The third kappa shape index (κ3) is 3.51. The summed E-state index contributed by atoms with van der Waals surface area (Å²) in [5.41, 5.74) is -0.432. The van der Waals surface area contributed by atoms with Gasteiger partial charge in [-0.2, -0.15) is 0 Å². The highest BCUT2D eigenvalue weighted by Crippen LogP contribution is 2.36. The van der Waals surface area contributed by atoms with Gasteiger partial charge >= 0.3 is 0 Å². The number of likely N-dealkylation sites (tertiary alicyclic amines) is 1. The second-order valence-electron chi connectivity index (χ2n) is 4.61. The van der Waals surface area contributed by atoms with Gasteiger partial charge in [0.15, 0.2) is 4.34 Å². The normalized spacial score (nSPS) is 19.8. The third-order valence-electron chi connectivity index (χ3n) is 3.06. The maximum Gasteiger partial charge on any atom is 0.300 e. The lowest BCUT2D eigenvalue weighted by Gasteiger charge is -2.29. The minimum absolute atomic E-state index is 0.0414. The molecule has 2 rings (SSSR count). The number of hydrogen-bond donors (Lipinski definition) is 1. The van der Waals surface area contributed by atoms with Gasteiger partial charge in [0.25, 0.3) is 15.7 Å². The number of nitrogens with one attached hydrogen (secondary N) is 1. The Kier molecular flexibility index (Phi) is 4.51. The van der Waals surface area contributed by atoms with E-state index in [1.54, 1.807) is 7.05 Å². The molecule has 1 atom stereocenters. The molecule has 8 nitrogen and oxygen atoms in total. The van der Waals surface area contributed by atoms with Crippen molar-refractivity contribution in [2.75, 3.05) is 13.6 Å². The molecular formula is C10H12ClN3O5S2. The van der Waals surface area contributed by atoms with Gasteiger partial charge in [0.1, 0.15) is 4.21 Å². The molecule has 0 spiro atoms. The summed E-state index contributed by atoms with van der Waals surface area (Å²) in [7, 11) is -2.30. The summed E-state index contributed by atoms with van der Waals surface area (Å²) in [4.78, 5) is 22.8. The maximum atomic E-state index is 12.2. The van der Waals surface area contributed by atoms with E-state index < -0.39 is 26.7 Å². The summed E-state index contributed by atoms with van der Waals surface area (Å²) in [6.45, 7) is 0.263. The molecule has 1 aliphatic rings. The summed E-state index contributed by atoms with van der Waals surface area (Å²) in [5.74, 6) is -0.0414. The molecule has 116 valence electrons. The molecular weight excluding hydrogens is 342 g/mol. The number of likely N-dealkylation sites (N-methyl/N-ethyl adjacent to an activating group) is 1. The van der Waals surface area contributed by atoms with E-state index >= 15 is 0 Å². The number of thiophene rings is 1. The van der Waals surface area contributed by atoms with Crippen molar-refractivity contribution < 1.29 is 18.1 Å². The van der Waals surface area contributed by atoms with E-state index in [1.807, 2.05) is 0 Å². The van der Waals surface area contributed by atoms with Gasteiger partial charge in [-0.1, -0.05) is 11.6 Å². The molecule has 0 aromatic carbocycles. The first kappa shape index (κ1) is 16.1. The van der Waals surface area contributed by atoms with Crippen LogP contribution in [-0.2, 0) is 14.8 Å². The zero-order valence-corrected chi connectivity index (χ0v) is 13.3. The molecule has 1 unspecified atom stereocenters. The fraction of sp³-hybridized carbons (Fsp3) is 0.500. The van der Waals surface area contributed by atoms with Gasteiger partial charge in [-0.25, -0.2) is 13.1 Å². The van der Waals surface area contributed by atoms with E-state index in [4.69, 9.17) is 11.6 Å². The summed E-state index contributed by atoms with van der Waals surface area (Å²) >= 11 is 6.30. The van der Waals surface area contributed by atoms with Crippen molar-refractivity contribution in [1.29, 1.82) is 0 Å². The molecule has 0 radical (unpaired) electrons. The zero-order valence-electron chi connectivity index (χ0n) is 10.9. The van der Waals surface area contributed by atoms with Crippen molar-refractivity contribution in [3.8, 4) is 0 Å². The number of carbonyl (C=O) groups is 1. The lowest BCUT2D eigenvalue weighted by atomic mass is 10.1. The molecule has 0 aliphatic carbocycles. The highest BCUT2D eigenvalue weighted by atomic mass is 35.5. The Morgan fingerprint density at radius 3 is 2.76 bits per heavy atom. The number of nitro groups is 1. The Labute approximate surface area is 129 Å². The van der Waals surface area contributed by atoms with Gasteiger partial charge in [-0.05, 0) is 6.42 Å². The van der Waals surface area contributed by atoms with Crippen LogP contribution in [0, 0.1) is 10.1 Å². The van der Waals surface area contributed by atoms with E-state index in [9.17, 15) is 23.3 Å². The van der Waals surface area contributed by atoms with Crippen LogP contribution in [-0.4, -0.2) is 43.8 Å². The molecule has 0 saturated carbocycles. The van der Waals surface area contributed by atoms with Crippen LogP contribution < -0.4 is 4.72 Å². The van der Waals surface area contributed by atoms with Crippen molar-refractivity contribution in [1.82, 2.24) is 9.62 Å². The number of nitrogens with zero attached hydrogens (tertiary/aromatic N) is 2. The molecule has 1 amide bonds. The molecule has 1 saturated heterocycles. The summed E-state index contributed by atoms with van der Waals surface area (Å²) in [6.07, 6.45) is 0.651. The van der Waals surface area contributed by atoms with E-state index in [1.165, 1.54) is 4.90 Å². The van der Waals surface area contributed by atoms with Crippen LogP contribution in [0.5, 0.6) is 0 Å². The third-order valence-corrected chi connectivity index (χ3v) is 6.39. The van der Waals surface area contributed by atoms with Crippen LogP contribution in [0.1, 0.15) is 12.8 Å². The van der Waals surface area contributed by atoms with E-state index in [-0.39, 0.29) is 27.4 Å². The number of hydrogen-bond acceptors (Lipinski definition) is 6. The predicted molar refractivity (Wildman–Crippen MR) is 77.0 cm³/mol. The highest BCUT2D eigenvalue weighted by molar-refractivity contribution is 7.91. The molecule has 1 aromatic rings. The summed E-state index contributed by atoms with van der Waals surface area (Å²) in [6, 6.07) is 0.519. The van der Waals surface area contributed by atoms with Gasteiger partial charge in [0.05, 0.1) is 4.92 Å². The number of sulfonamides is 1. The molecule has 0 bridgehead atoms. The Balaban J connectivity index is 2.17. The van der Waals surface area contributed by atoms with Gasteiger partial charge < -0.3 is 4.90 Å². The molecule has 1 N–H and O–H groups in total. The van der Waals surface area contributed by atoms with Crippen LogP contribution in [0.2, 0.25) is 4.34 Å². The second-order valence-corrected chi connectivity index (χ2v) is 8.21. The lowest BCUT2D eigenvalue weighted by molar-refractivity contribution is -0.384. The van der Waals surface area contributed by atoms with Crippen molar-refractivity contribution in [2.45, 2.75) is 23.1 Å². The number of carbonyl (C=O) groups excluding carboxylic acids is 1. The largest absolute Gasteiger partial charge is 0.344 e. The monoisotopic (exact) mass is 353 g/mol. The summed E-state index contributed by atoms with van der Waals surface area (Å²) in [5, 5.41) is 10.7. The Bertz CT molecular complexity index is 687. The van der Waals surface area contributed by atoms with Crippen molar-refractivity contribution in [3.63, 3.8) is 0 Å². The molecule has 21 heavy (non-hydrogen) atoms. The first-order valence-corrected chi connectivity index (χ1v) is 8.58. The van der Waals surface area contributed by atoms with Gasteiger partial charge in [-0.15, -0.1) is 11.3 Å². The Morgan fingerprint density at radius 2 is 2.24 bits per heavy atom. The van der Waals surface area contributed by atoms with Crippen LogP contribution in [0.25, 0.3) is 0 Å². The molecule has 2 heterocycles. The Hall–Kier alpha value is -1.23. The topological polar surface area (TPSA) is 110 Å². The van der Waals surface area contributed by atoms with E-state index in [2.05, 4.69) is 4.72 Å². The second kappa shape index (κ2) is 5.87. The highest BCUT2D eigenvalue weighted by Gasteiger charge is 2.30. The van der Waals surface area contributed by atoms with E-state index in [0.29, 0.717) is 17.8 Å². The van der Waals surface area contributed by atoms with Gasteiger partial charge in [0.2, 0.25) is 5.91 Å². The minimum Gasteiger partial charge on any atom is -0.344 e. The van der Waals surface area contributed by atoms with Crippen LogP contribution >= 0.6 is 22.9 Å². The number of piperidine rings is 1. The molecule has 1 fully saturated rings. The SMILES string of the molecule is CN1CC(NS(=O)(=O)c2cc([N+](=O)[O-])c(Cl)s2)CCC1=O. The van der Waals surface area contributed by atoms with Crippen LogP contribution in [0.15, 0.2) is 10.3 Å².